The highest BCUT2D eigenvalue weighted by molar-refractivity contribution is 5.77. The largest absolute Gasteiger partial charge is 0.496 e. The number of hydrogen-bond acceptors (Lipinski definition) is 3. The van der Waals surface area contributed by atoms with Crippen LogP contribution in [-0.4, -0.2) is 13.4 Å². The van der Waals surface area contributed by atoms with Gasteiger partial charge in [-0.25, -0.2) is 0 Å². The van der Waals surface area contributed by atoms with Gasteiger partial charge in [0.15, 0.2) is 0 Å². The molecule has 0 atom stereocenters. The minimum absolute atomic E-state index is 0.371. The van der Waals surface area contributed by atoms with Gasteiger partial charge in [-0.1, -0.05) is 11.2 Å². The third-order valence-electron chi connectivity index (χ3n) is 1.49. The highest BCUT2D eigenvalue weighted by atomic mass is 16.5. The molecule has 0 heterocycles. The molecule has 0 fully saturated rings. The predicted octanol–water partition coefficient (Wildman–Crippen LogP) is 2.45. The quantitative estimate of drug-likeness (QED) is 0.307. The molecular formula is C8H7N3O2. The van der Waals surface area contributed by atoms with E-state index in [1.807, 2.05) is 0 Å². The van der Waals surface area contributed by atoms with E-state index in [4.69, 9.17) is 10.3 Å². The van der Waals surface area contributed by atoms with Gasteiger partial charge in [0, 0.05) is 10.5 Å². The zero-order valence-corrected chi connectivity index (χ0v) is 6.97. The van der Waals surface area contributed by atoms with Crippen molar-refractivity contribution in [1.29, 1.82) is 0 Å². The van der Waals surface area contributed by atoms with Crippen LogP contribution in [0.1, 0.15) is 10.4 Å². The average molecular weight is 177 g/mol. The SMILES string of the molecule is COc1cc(C=O)ccc1N=[N+]=[N-]. The first-order valence-electron chi connectivity index (χ1n) is 3.50. The molecule has 0 aromatic heterocycles. The van der Waals surface area contributed by atoms with Crippen molar-refractivity contribution in [3.63, 3.8) is 0 Å². The summed E-state index contributed by atoms with van der Waals surface area (Å²) >= 11 is 0. The van der Waals surface area contributed by atoms with Crippen LogP contribution in [0.2, 0.25) is 0 Å². The fourth-order valence-electron chi connectivity index (χ4n) is 0.898. The Kier molecular flexibility index (Phi) is 2.89. The van der Waals surface area contributed by atoms with Crippen molar-refractivity contribution in [2.45, 2.75) is 0 Å². The van der Waals surface area contributed by atoms with E-state index in [0.717, 1.165) is 0 Å². The molecule has 5 heteroatoms. The van der Waals surface area contributed by atoms with Gasteiger partial charge in [-0.3, -0.25) is 4.79 Å². The molecule has 0 aliphatic carbocycles. The van der Waals surface area contributed by atoms with E-state index in [0.29, 0.717) is 23.3 Å². The lowest BCUT2D eigenvalue weighted by molar-refractivity contribution is 0.112. The summed E-state index contributed by atoms with van der Waals surface area (Å²) in [5.74, 6) is 0.391. The summed E-state index contributed by atoms with van der Waals surface area (Å²) in [5, 5.41) is 3.39. The Balaban J connectivity index is 3.22. The summed E-state index contributed by atoms with van der Waals surface area (Å²) in [6, 6.07) is 4.60. The van der Waals surface area contributed by atoms with E-state index in [1.165, 1.54) is 19.2 Å². The highest BCUT2D eigenvalue weighted by Gasteiger charge is 2.01. The Morgan fingerprint density at radius 2 is 2.38 bits per heavy atom. The minimum atomic E-state index is 0.371. The molecule has 0 amide bonds. The molecule has 13 heavy (non-hydrogen) atoms. The molecule has 0 bridgehead atoms. The number of azide groups is 1. The lowest BCUT2D eigenvalue weighted by Gasteiger charge is -2.03. The number of carbonyl (C=O) groups excluding carboxylic acids is 1. The van der Waals surface area contributed by atoms with E-state index < -0.39 is 0 Å². The van der Waals surface area contributed by atoms with Crippen molar-refractivity contribution >= 4 is 12.0 Å². The minimum Gasteiger partial charge on any atom is -0.496 e. The smallest absolute Gasteiger partial charge is 0.150 e. The summed E-state index contributed by atoms with van der Waals surface area (Å²) in [6.45, 7) is 0. The van der Waals surface area contributed by atoms with Gasteiger partial charge in [0.1, 0.15) is 12.0 Å². The Labute approximate surface area is 74.6 Å². The topological polar surface area (TPSA) is 75.1 Å². The molecule has 0 N–H and O–H groups in total. The molecule has 0 aliphatic rings. The number of hydrogen-bond donors (Lipinski definition) is 0. The highest BCUT2D eigenvalue weighted by Crippen LogP contribution is 2.27. The zero-order valence-electron chi connectivity index (χ0n) is 6.97. The van der Waals surface area contributed by atoms with Crippen LogP contribution in [0.15, 0.2) is 23.3 Å². The van der Waals surface area contributed by atoms with Crippen LogP contribution >= 0.6 is 0 Å². The number of ether oxygens (including phenoxy) is 1. The average Bonchev–Trinajstić information content (AvgIpc) is 2.19. The normalized spacial score (nSPS) is 8.69. The monoisotopic (exact) mass is 177 g/mol. The fraction of sp³-hybridized carbons (Fsp3) is 0.125. The van der Waals surface area contributed by atoms with Crippen molar-refractivity contribution in [3.05, 3.63) is 34.2 Å². The van der Waals surface area contributed by atoms with Crippen LogP contribution in [0.25, 0.3) is 10.4 Å². The molecule has 1 aromatic rings. The van der Waals surface area contributed by atoms with Crippen molar-refractivity contribution in [2.75, 3.05) is 7.11 Å². The second kappa shape index (κ2) is 4.13. The van der Waals surface area contributed by atoms with Gasteiger partial charge in [0.25, 0.3) is 0 Å². The third kappa shape index (κ3) is 1.98. The van der Waals surface area contributed by atoms with Crippen LogP contribution in [0, 0.1) is 0 Å². The molecule has 0 unspecified atom stereocenters. The van der Waals surface area contributed by atoms with Crippen molar-refractivity contribution < 1.29 is 9.53 Å². The maximum absolute atomic E-state index is 10.4. The molecule has 0 spiro atoms. The van der Waals surface area contributed by atoms with Crippen LogP contribution in [0.3, 0.4) is 0 Å². The number of benzene rings is 1. The first kappa shape index (κ1) is 9.09. The van der Waals surface area contributed by atoms with Crippen molar-refractivity contribution in [3.8, 4) is 5.75 Å². The molecule has 0 radical (unpaired) electrons. The molecule has 1 aromatic carbocycles. The standard InChI is InChI=1S/C8H7N3O2/c1-13-8-4-6(5-12)2-3-7(8)10-11-9/h2-5H,1H3. The Hall–Kier alpha value is -2.00. The first-order valence-corrected chi connectivity index (χ1v) is 3.50. The molecular weight excluding hydrogens is 170 g/mol. The van der Waals surface area contributed by atoms with Crippen LogP contribution in [0.5, 0.6) is 5.75 Å². The van der Waals surface area contributed by atoms with E-state index in [2.05, 4.69) is 10.0 Å². The van der Waals surface area contributed by atoms with Gasteiger partial charge >= 0.3 is 0 Å². The number of carbonyl (C=O) groups is 1. The number of methoxy groups -OCH3 is 1. The summed E-state index contributed by atoms with van der Waals surface area (Å²) in [7, 11) is 1.44. The predicted molar refractivity (Wildman–Crippen MR) is 47.2 cm³/mol. The van der Waals surface area contributed by atoms with Gasteiger partial charge in [-0.15, -0.1) is 0 Å². The lowest BCUT2D eigenvalue weighted by Crippen LogP contribution is -1.85. The van der Waals surface area contributed by atoms with E-state index in [-0.39, 0.29) is 0 Å². The van der Waals surface area contributed by atoms with Gasteiger partial charge < -0.3 is 4.74 Å². The maximum atomic E-state index is 10.4. The Morgan fingerprint density at radius 1 is 1.62 bits per heavy atom. The van der Waals surface area contributed by atoms with Crippen molar-refractivity contribution in [1.82, 2.24) is 0 Å². The lowest BCUT2D eigenvalue weighted by atomic mass is 10.2. The molecule has 0 aliphatic heterocycles. The Morgan fingerprint density at radius 3 is 2.92 bits per heavy atom. The third-order valence-corrected chi connectivity index (χ3v) is 1.49. The second-order valence-electron chi connectivity index (χ2n) is 2.24. The molecule has 5 nitrogen and oxygen atoms in total. The van der Waals surface area contributed by atoms with E-state index >= 15 is 0 Å². The van der Waals surface area contributed by atoms with E-state index in [9.17, 15) is 4.79 Å². The maximum Gasteiger partial charge on any atom is 0.150 e. The zero-order chi connectivity index (χ0) is 9.68. The number of aldehydes is 1. The fourth-order valence-corrected chi connectivity index (χ4v) is 0.898. The van der Waals surface area contributed by atoms with E-state index in [1.54, 1.807) is 6.07 Å². The first-order chi connectivity index (χ1) is 6.31. The molecule has 0 saturated carbocycles. The molecule has 66 valence electrons. The van der Waals surface area contributed by atoms with Crippen LogP contribution < -0.4 is 4.74 Å². The second-order valence-corrected chi connectivity index (χ2v) is 2.24. The van der Waals surface area contributed by atoms with Crippen molar-refractivity contribution in [2.24, 2.45) is 5.11 Å². The van der Waals surface area contributed by atoms with Gasteiger partial charge in [0.2, 0.25) is 0 Å². The van der Waals surface area contributed by atoms with Gasteiger partial charge in [-0.05, 0) is 17.7 Å². The molecule has 1 rings (SSSR count). The van der Waals surface area contributed by atoms with Crippen LogP contribution in [0.4, 0.5) is 5.69 Å². The summed E-state index contributed by atoms with van der Waals surface area (Å²) in [6.07, 6.45) is 0.697. The molecule has 0 saturated heterocycles. The summed E-state index contributed by atoms with van der Waals surface area (Å²) in [4.78, 5) is 13.0. The Bertz CT molecular complexity index is 370. The summed E-state index contributed by atoms with van der Waals surface area (Å²) < 4.78 is 4.92. The van der Waals surface area contributed by atoms with Crippen LogP contribution in [-0.2, 0) is 0 Å². The van der Waals surface area contributed by atoms with Gasteiger partial charge in [0.05, 0.1) is 12.8 Å². The van der Waals surface area contributed by atoms with Gasteiger partial charge in [-0.2, -0.15) is 0 Å². The number of rotatable bonds is 3. The summed E-state index contributed by atoms with van der Waals surface area (Å²) in [5.41, 5.74) is 9.05. The number of nitrogens with zero attached hydrogens (tertiary/aromatic N) is 3.